The maximum atomic E-state index is 5.84. The molecule has 1 saturated heterocycles. The molecule has 0 unspecified atom stereocenters. The number of hydrogen-bond acceptors (Lipinski definition) is 2. The van der Waals surface area contributed by atoms with Gasteiger partial charge in [0, 0.05) is 0 Å². The van der Waals surface area contributed by atoms with Gasteiger partial charge in [-0.3, -0.25) is 0 Å². The van der Waals surface area contributed by atoms with E-state index >= 15 is 0 Å². The van der Waals surface area contributed by atoms with Gasteiger partial charge in [-0.05, 0) is 61.4 Å². The molecule has 0 radical (unpaired) electrons. The molecule has 1 aliphatic heterocycles. The topological polar surface area (TPSA) is 21.3 Å². The predicted molar refractivity (Wildman–Crippen MR) is 88.4 cm³/mol. The summed E-state index contributed by atoms with van der Waals surface area (Å²) in [6.45, 7) is 11.9. The van der Waals surface area contributed by atoms with Gasteiger partial charge in [0.1, 0.15) is 5.75 Å². The Balaban J connectivity index is 0.00000200. The van der Waals surface area contributed by atoms with Crippen molar-refractivity contribution >= 4 is 12.4 Å². The summed E-state index contributed by atoms with van der Waals surface area (Å²) in [4.78, 5) is 0. The summed E-state index contributed by atoms with van der Waals surface area (Å²) < 4.78 is 5.84. The Morgan fingerprint density at radius 3 is 2.40 bits per heavy atom. The molecular formula is C17H28ClNO. The summed E-state index contributed by atoms with van der Waals surface area (Å²) >= 11 is 0. The van der Waals surface area contributed by atoms with E-state index in [9.17, 15) is 0 Å². The van der Waals surface area contributed by atoms with Crippen LogP contribution in [0.15, 0.2) is 18.2 Å². The summed E-state index contributed by atoms with van der Waals surface area (Å²) in [7, 11) is 0. The van der Waals surface area contributed by atoms with Crippen LogP contribution in [0.25, 0.3) is 0 Å². The summed E-state index contributed by atoms with van der Waals surface area (Å²) in [6.07, 6.45) is 2.43. The molecule has 3 heteroatoms. The SMILES string of the molecule is CCOc1ccc(C(C)(C)C)cc1C1CCNCC1.Cl. The quantitative estimate of drug-likeness (QED) is 0.899. The van der Waals surface area contributed by atoms with E-state index in [4.69, 9.17) is 4.74 Å². The summed E-state index contributed by atoms with van der Waals surface area (Å²) in [5.74, 6) is 1.73. The van der Waals surface area contributed by atoms with Crippen molar-refractivity contribution in [2.45, 2.75) is 51.9 Å². The minimum atomic E-state index is 0. The number of halogens is 1. The highest BCUT2D eigenvalue weighted by atomic mass is 35.5. The van der Waals surface area contributed by atoms with Crippen molar-refractivity contribution in [3.05, 3.63) is 29.3 Å². The molecule has 114 valence electrons. The second-order valence-corrected chi connectivity index (χ2v) is 6.46. The summed E-state index contributed by atoms with van der Waals surface area (Å²) in [5, 5.41) is 3.44. The molecule has 0 bridgehead atoms. The van der Waals surface area contributed by atoms with Crippen molar-refractivity contribution in [1.29, 1.82) is 0 Å². The molecule has 0 aliphatic carbocycles. The number of piperidine rings is 1. The van der Waals surface area contributed by atoms with E-state index in [2.05, 4.69) is 51.2 Å². The fourth-order valence-corrected chi connectivity index (χ4v) is 2.75. The first-order valence-corrected chi connectivity index (χ1v) is 7.50. The van der Waals surface area contributed by atoms with E-state index in [0.717, 1.165) is 25.4 Å². The van der Waals surface area contributed by atoms with Crippen molar-refractivity contribution in [3.63, 3.8) is 0 Å². The Labute approximate surface area is 129 Å². The predicted octanol–water partition coefficient (Wildman–Crippen LogP) is 4.27. The average Bonchev–Trinajstić information content (AvgIpc) is 2.39. The molecule has 20 heavy (non-hydrogen) atoms. The molecule has 1 heterocycles. The average molecular weight is 298 g/mol. The van der Waals surface area contributed by atoms with Crippen LogP contribution in [0.3, 0.4) is 0 Å². The second-order valence-electron chi connectivity index (χ2n) is 6.46. The number of rotatable bonds is 3. The minimum absolute atomic E-state index is 0. The first kappa shape index (κ1) is 17.3. The molecular weight excluding hydrogens is 270 g/mol. The van der Waals surface area contributed by atoms with Crippen molar-refractivity contribution in [2.75, 3.05) is 19.7 Å². The first-order valence-electron chi connectivity index (χ1n) is 7.50. The molecule has 0 spiro atoms. The summed E-state index contributed by atoms with van der Waals surface area (Å²) in [6, 6.07) is 6.76. The van der Waals surface area contributed by atoms with Gasteiger partial charge >= 0.3 is 0 Å². The highest BCUT2D eigenvalue weighted by Gasteiger charge is 2.22. The highest BCUT2D eigenvalue weighted by molar-refractivity contribution is 5.85. The summed E-state index contributed by atoms with van der Waals surface area (Å²) in [5.41, 5.74) is 3.02. The van der Waals surface area contributed by atoms with Crippen LogP contribution in [0.5, 0.6) is 5.75 Å². The highest BCUT2D eigenvalue weighted by Crippen LogP contribution is 2.36. The third-order valence-corrected chi connectivity index (χ3v) is 3.95. The van der Waals surface area contributed by atoms with Gasteiger partial charge in [-0.25, -0.2) is 0 Å². The van der Waals surface area contributed by atoms with Gasteiger partial charge in [0.2, 0.25) is 0 Å². The van der Waals surface area contributed by atoms with E-state index in [1.807, 2.05) is 0 Å². The number of ether oxygens (including phenoxy) is 1. The zero-order valence-electron chi connectivity index (χ0n) is 13.2. The lowest BCUT2D eigenvalue weighted by atomic mass is 9.82. The Morgan fingerprint density at radius 2 is 1.85 bits per heavy atom. The van der Waals surface area contributed by atoms with E-state index in [1.165, 1.54) is 24.0 Å². The van der Waals surface area contributed by atoms with Gasteiger partial charge in [0.15, 0.2) is 0 Å². The minimum Gasteiger partial charge on any atom is -0.494 e. The van der Waals surface area contributed by atoms with Crippen molar-refractivity contribution in [3.8, 4) is 5.75 Å². The van der Waals surface area contributed by atoms with Crippen LogP contribution >= 0.6 is 12.4 Å². The molecule has 1 aromatic rings. The molecule has 0 amide bonds. The van der Waals surface area contributed by atoms with Gasteiger partial charge in [0.05, 0.1) is 6.61 Å². The maximum Gasteiger partial charge on any atom is 0.122 e. The Hall–Kier alpha value is -0.730. The molecule has 1 N–H and O–H groups in total. The normalized spacial score (nSPS) is 16.6. The van der Waals surface area contributed by atoms with Crippen molar-refractivity contribution in [1.82, 2.24) is 5.32 Å². The maximum absolute atomic E-state index is 5.84. The second kappa shape index (κ2) is 7.33. The lowest BCUT2D eigenvalue weighted by Crippen LogP contribution is -2.27. The molecule has 0 saturated carbocycles. The fourth-order valence-electron chi connectivity index (χ4n) is 2.75. The van der Waals surface area contributed by atoms with Gasteiger partial charge in [-0.2, -0.15) is 0 Å². The van der Waals surface area contributed by atoms with Crippen LogP contribution < -0.4 is 10.1 Å². The van der Waals surface area contributed by atoms with E-state index < -0.39 is 0 Å². The molecule has 1 fully saturated rings. The molecule has 1 aliphatic rings. The molecule has 2 nitrogen and oxygen atoms in total. The number of benzene rings is 1. The first-order chi connectivity index (χ1) is 9.02. The van der Waals surface area contributed by atoms with Crippen LogP contribution in [0.2, 0.25) is 0 Å². The number of hydrogen-bond donors (Lipinski definition) is 1. The standard InChI is InChI=1S/C17H27NO.ClH/c1-5-19-16-7-6-14(17(2,3)4)12-15(16)13-8-10-18-11-9-13;/h6-7,12-13,18H,5,8-11H2,1-4H3;1H. The third kappa shape index (κ3) is 4.13. The van der Waals surface area contributed by atoms with Gasteiger partial charge in [0.25, 0.3) is 0 Å². The fraction of sp³-hybridized carbons (Fsp3) is 0.647. The molecule has 1 aromatic carbocycles. The Kier molecular flexibility index (Phi) is 6.35. The zero-order valence-corrected chi connectivity index (χ0v) is 14.0. The lowest BCUT2D eigenvalue weighted by Gasteiger charge is -2.27. The van der Waals surface area contributed by atoms with Crippen LogP contribution in [-0.2, 0) is 5.41 Å². The van der Waals surface area contributed by atoms with Crippen LogP contribution in [0.4, 0.5) is 0 Å². The van der Waals surface area contributed by atoms with Crippen molar-refractivity contribution < 1.29 is 4.74 Å². The van der Waals surface area contributed by atoms with E-state index in [1.54, 1.807) is 0 Å². The van der Waals surface area contributed by atoms with Gasteiger partial charge in [-0.15, -0.1) is 12.4 Å². The van der Waals surface area contributed by atoms with Crippen LogP contribution in [-0.4, -0.2) is 19.7 Å². The van der Waals surface area contributed by atoms with Crippen LogP contribution in [0.1, 0.15) is 57.6 Å². The lowest BCUT2D eigenvalue weighted by molar-refractivity contribution is 0.329. The van der Waals surface area contributed by atoms with E-state index in [0.29, 0.717) is 5.92 Å². The molecule has 0 atom stereocenters. The third-order valence-electron chi connectivity index (χ3n) is 3.95. The molecule has 0 aromatic heterocycles. The Morgan fingerprint density at radius 1 is 1.20 bits per heavy atom. The molecule has 2 rings (SSSR count). The van der Waals surface area contributed by atoms with Gasteiger partial charge in [-0.1, -0.05) is 32.9 Å². The smallest absolute Gasteiger partial charge is 0.122 e. The Bertz CT molecular complexity index is 419. The monoisotopic (exact) mass is 297 g/mol. The largest absolute Gasteiger partial charge is 0.494 e. The zero-order chi connectivity index (χ0) is 13.9. The van der Waals surface area contributed by atoms with E-state index in [-0.39, 0.29) is 17.8 Å². The van der Waals surface area contributed by atoms with Crippen LogP contribution in [0, 0.1) is 0 Å². The number of nitrogens with one attached hydrogen (secondary N) is 1. The van der Waals surface area contributed by atoms with Gasteiger partial charge < -0.3 is 10.1 Å². The van der Waals surface area contributed by atoms with Crippen molar-refractivity contribution in [2.24, 2.45) is 0 Å².